The lowest BCUT2D eigenvalue weighted by Crippen LogP contribution is -2.41. The van der Waals surface area contributed by atoms with Crippen molar-refractivity contribution in [2.45, 2.75) is 38.5 Å². The van der Waals surface area contributed by atoms with Crippen LogP contribution in [-0.4, -0.2) is 58.3 Å². The number of hydrogen-bond acceptors (Lipinski definition) is 4. The van der Waals surface area contributed by atoms with E-state index in [4.69, 9.17) is 9.47 Å². The molecular formula is C15H29NO3. The molecule has 0 bridgehead atoms. The number of nitrogens with zero attached hydrogens (tertiary/aromatic N) is 1. The van der Waals surface area contributed by atoms with Crippen LogP contribution in [0.3, 0.4) is 0 Å². The zero-order valence-corrected chi connectivity index (χ0v) is 12.5. The van der Waals surface area contributed by atoms with Gasteiger partial charge in [-0.1, -0.05) is 25.7 Å². The highest BCUT2D eigenvalue weighted by Gasteiger charge is 2.32. The summed E-state index contributed by atoms with van der Waals surface area (Å²) in [6, 6.07) is 0. The molecule has 0 aromatic carbocycles. The van der Waals surface area contributed by atoms with Crippen molar-refractivity contribution >= 4 is 6.29 Å². The van der Waals surface area contributed by atoms with Gasteiger partial charge >= 0.3 is 0 Å². The lowest BCUT2D eigenvalue weighted by molar-refractivity contribution is -0.118. The first-order chi connectivity index (χ1) is 9.26. The highest BCUT2D eigenvalue weighted by molar-refractivity contribution is 5.59. The zero-order valence-electron chi connectivity index (χ0n) is 12.5. The molecule has 1 saturated carbocycles. The first-order valence-corrected chi connectivity index (χ1v) is 7.43. The van der Waals surface area contributed by atoms with Gasteiger partial charge in [0.05, 0.1) is 13.2 Å². The Bertz CT molecular complexity index is 230. The molecule has 0 atom stereocenters. The van der Waals surface area contributed by atoms with Crippen molar-refractivity contribution in [3.63, 3.8) is 0 Å². The summed E-state index contributed by atoms with van der Waals surface area (Å²) < 4.78 is 10.3. The van der Waals surface area contributed by atoms with Crippen LogP contribution in [0, 0.1) is 5.41 Å². The molecule has 0 N–H and O–H groups in total. The average Bonchev–Trinajstić information content (AvgIpc) is 2.68. The van der Waals surface area contributed by atoms with Crippen LogP contribution in [0.25, 0.3) is 0 Å². The predicted octanol–water partition coefficient (Wildman–Crippen LogP) is 2.12. The van der Waals surface area contributed by atoms with E-state index in [1.54, 1.807) is 14.2 Å². The second kappa shape index (κ2) is 9.45. The van der Waals surface area contributed by atoms with Gasteiger partial charge in [0.1, 0.15) is 6.29 Å². The minimum atomic E-state index is -0.141. The predicted molar refractivity (Wildman–Crippen MR) is 76.4 cm³/mol. The molecule has 4 nitrogen and oxygen atoms in total. The first-order valence-electron chi connectivity index (χ1n) is 7.43. The summed E-state index contributed by atoms with van der Waals surface area (Å²) in [5.74, 6) is 0. The molecule has 0 aliphatic heterocycles. The van der Waals surface area contributed by atoms with E-state index in [1.165, 1.54) is 32.0 Å². The minimum absolute atomic E-state index is 0.141. The van der Waals surface area contributed by atoms with Crippen LogP contribution < -0.4 is 0 Å². The minimum Gasteiger partial charge on any atom is -0.383 e. The van der Waals surface area contributed by atoms with Crippen molar-refractivity contribution in [1.29, 1.82) is 0 Å². The van der Waals surface area contributed by atoms with Gasteiger partial charge in [-0.05, 0) is 12.8 Å². The third kappa shape index (κ3) is 6.02. The van der Waals surface area contributed by atoms with Gasteiger partial charge < -0.3 is 14.3 Å². The zero-order chi connectivity index (χ0) is 14.0. The summed E-state index contributed by atoms with van der Waals surface area (Å²) in [5, 5.41) is 0. The number of ether oxygens (including phenoxy) is 2. The molecule has 0 unspecified atom stereocenters. The standard InChI is InChI=1S/C15H29NO3/c1-18-11-9-16(10-12-19-2)13-15(14-17)7-5-3-4-6-8-15/h14H,3-13H2,1-2H3. The van der Waals surface area contributed by atoms with Gasteiger partial charge in [-0.2, -0.15) is 0 Å². The summed E-state index contributed by atoms with van der Waals surface area (Å²) in [5.41, 5.74) is -0.141. The first kappa shape index (κ1) is 16.6. The van der Waals surface area contributed by atoms with Gasteiger partial charge in [0.2, 0.25) is 0 Å². The molecule has 112 valence electrons. The third-order valence-corrected chi connectivity index (χ3v) is 4.11. The van der Waals surface area contributed by atoms with Crippen molar-refractivity contribution in [1.82, 2.24) is 4.90 Å². The van der Waals surface area contributed by atoms with E-state index in [1.807, 2.05) is 0 Å². The Morgan fingerprint density at radius 3 is 1.95 bits per heavy atom. The van der Waals surface area contributed by atoms with E-state index in [0.717, 1.165) is 32.5 Å². The molecule has 1 aliphatic carbocycles. The Labute approximate surface area is 117 Å². The summed E-state index contributed by atoms with van der Waals surface area (Å²) in [6.07, 6.45) is 8.19. The van der Waals surface area contributed by atoms with E-state index < -0.39 is 0 Å². The number of aldehydes is 1. The number of hydrogen-bond donors (Lipinski definition) is 0. The Hall–Kier alpha value is -0.450. The average molecular weight is 271 g/mol. The third-order valence-electron chi connectivity index (χ3n) is 4.11. The van der Waals surface area contributed by atoms with Crippen LogP contribution >= 0.6 is 0 Å². The quantitative estimate of drug-likeness (QED) is 0.475. The second-order valence-electron chi connectivity index (χ2n) is 5.66. The van der Waals surface area contributed by atoms with Gasteiger partial charge in [-0.15, -0.1) is 0 Å². The Morgan fingerprint density at radius 2 is 1.53 bits per heavy atom. The topological polar surface area (TPSA) is 38.8 Å². The maximum atomic E-state index is 11.6. The van der Waals surface area contributed by atoms with E-state index >= 15 is 0 Å². The van der Waals surface area contributed by atoms with Crippen molar-refractivity contribution in [3.05, 3.63) is 0 Å². The van der Waals surface area contributed by atoms with Crippen molar-refractivity contribution in [2.75, 3.05) is 47.1 Å². The normalized spacial score (nSPS) is 19.3. The van der Waals surface area contributed by atoms with Crippen molar-refractivity contribution in [2.24, 2.45) is 5.41 Å². The molecule has 0 aromatic heterocycles. The van der Waals surface area contributed by atoms with E-state index in [9.17, 15) is 4.79 Å². The molecule has 0 radical (unpaired) electrons. The molecule has 19 heavy (non-hydrogen) atoms. The smallest absolute Gasteiger partial charge is 0.127 e. The maximum absolute atomic E-state index is 11.6. The molecule has 0 spiro atoms. The summed E-state index contributed by atoms with van der Waals surface area (Å²) >= 11 is 0. The lowest BCUT2D eigenvalue weighted by Gasteiger charge is -2.33. The lowest BCUT2D eigenvalue weighted by atomic mass is 9.81. The summed E-state index contributed by atoms with van der Waals surface area (Å²) in [7, 11) is 3.44. The molecule has 1 fully saturated rings. The molecule has 1 aliphatic rings. The Balaban J connectivity index is 2.57. The van der Waals surface area contributed by atoms with Crippen LogP contribution in [0.5, 0.6) is 0 Å². The number of rotatable bonds is 9. The molecule has 0 amide bonds. The Kier molecular flexibility index (Phi) is 8.26. The Morgan fingerprint density at radius 1 is 1.00 bits per heavy atom. The fourth-order valence-corrected chi connectivity index (χ4v) is 2.90. The van der Waals surface area contributed by atoms with Crippen LogP contribution in [-0.2, 0) is 14.3 Å². The van der Waals surface area contributed by atoms with Crippen LogP contribution in [0.2, 0.25) is 0 Å². The SMILES string of the molecule is COCCN(CCOC)CC1(C=O)CCCCCC1. The summed E-state index contributed by atoms with van der Waals surface area (Å²) in [6.45, 7) is 4.01. The molecule has 4 heteroatoms. The molecular weight excluding hydrogens is 242 g/mol. The fourth-order valence-electron chi connectivity index (χ4n) is 2.90. The van der Waals surface area contributed by atoms with Crippen LogP contribution in [0.1, 0.15) is 38.5 Å². The fraction of sp³-hybridized carbons (Fsp3) is 0.933. The van der Waals surface area contributed by atoms with Crippen molar-refractivity contribution in [3.8, 4) is 0 Å². The largest absolute Gasteiger partial charge is 0.383 e. The monoisotopic (exact) mass is 271 g/mol. The van der Waals surface area contributed by atoms with Crippen molar-refractivity contribution < 1.29 is 14.3 Å². The highest BCUT2D eigenvalue weighted by atomic mass is 16.5. The van der Waals surface area contributed by atoms with Gasteiger partial charge in [0.15, 0.2) is 0 Å². The number of methoxy groups -OCH3 is 2. The van der Waals surface area contributed by atoms with Crippen LogP contribution in [0.15, 0.2) is 0 Å². The van der Waals surface area contributed by atoms with E-state index in [0.29, 0.717) is 13.2 Å². The molecule has 0 saturated heterocycles. The molecule has 0 heterocycles. The maximum Gasteiger partial charge on any atom is 0.127 e. The highest BCUT2D eigenvalue weighted by Crippen LogP contribution is 2.34. The van der Waals surface area contributed by atoms with Gasteiger partial charge in [-0.3, -0.25) is 4.90 Å². The second-order valence-corrected chi connectivity index (χ2v) is 5.66. The molecule has 0 aromatic rings. The van der Waals surface area contributed by atoms with E-state index in [-0.39, 0.29) is 5.41 Å². The number of carbonyl (C=O) groups excluding carboxylic acids is 1. The number of carbonyl (C=O) groups is 1. The van der Waals surface area contributed by atoms with Gasteiger partial charge in [0.25, 0.3) is 0 Å². The van der Waals surface area contributed by atoms with Gasteiger partial charge in [-0.25, -0.2) is 0 Å². The summed E-state index contributed by atoms with van der Waals surface area (Å²) in [4.78, 5) is 13.9. The van der Waals surface area contributed by atoms with E-state index in [2.05, 4.69) is 4.90 Å². The van der Waals surface area contributed by atoms with Gasteiger partial charge in [0, 0.05) is 39.3 Å². The van der Waals surface area contributed by atoms with Crippen LogP contribution in [0.4, 0.5) is 0 Å². The molecule has 1 rings (SSSR count).